The van der Waals surface area contributed by atoms with Gasteiger partial charge >= 0.3 is 5.97 Å². The number of hydrogen-bond acceptors (Lipinski definition) is 6. The average molecular weight is 430 g/mol. The van der Waals surface area contributed by atoms with Crippen LogP contribution in [0.4, 0.5) is 5.69 Å². The highest BCUT2D eigenvalue weighted by atomic mass is 16.5. The molecule has 2 aromatic carbocycles. The van der Waals surface area contributed by atoms with Gasteiger partial charge in [-0.25, -0.2) is 4.79 Å². The molecule has 0 saturated heterocycles. The molecule has 0 fully saturated rings. The maximum atomic E-state index is 12.1. The van der Waals surface area contributed by atoms with Crippen LogP contribution in [-0.2, 0) is 21.6 Å². The van der Waals surface area contributed by atoms with Crippen LogP contribution in [0.15, 0.2) is 30.3 Å². The topological polar surface area (TPSA) is 97.3 Å². The number of hydrogen-bond donors (Lipinski definition) is 3. The maximum Gasteiger partial charge on any atom is 0.340 e. The smallest absolute Gasteiger partial charge is 0.340 e. The number of carbonyl (C=O) groups is 1. The van der Waals surface area contributed by atoms with E-state index in [1.807, 2.05) is 25.1 Å². The zero-order valence-corrected chi connectivity index (χ0v) is 18.5. The standard InChI is InChI=1S/C24H31NO6/c1-5-14-29-19-12-11-17(24(4,23(27)28)31-15(2)3)21(26)22(19)30-18-10-6-8-16-9-7-13-25-20(16)18/h6,8,10-12,15,25-26H,5,7,9,13-14H2,1-4H3,(H,27,28). The van der Waals surface area contributed by atoms with E-state index in [4.69, 9.17) is 14.2 Å². The van der Waals surface area contributed by atoms with Gasteiger partial charge < -0.3 is 29.7 Å². The van der Waals surface area contributed by atoms with Crippen molar-refractivity contribution in [1.29, 1.82) is 0 Å². The highest BCUT2D eigenvalue weighted by molar-refractivity contribution is 5.81. The second-order valence-corrected chi connectivity index (χ2v) is 8.07. The Morgan fingerprint density at radius 1 is 1.23 bits per heavy atom. The largest absolute Gasteiger partial charge is 0.504 e. The Hall–Kier alpha value is -2.93. The quantitative estimate of drug-likeness (QED) is 0.513. The Bertz CT molecular complexity index is 942. The highest BCUT2D eigenvalue weighted by Crippen LogP contribution is 2.48. The van der Waals surface area contributed by atoms with Crippen LogP contribution in [-0.4, -0.2) is 35.4 Å². The number of aryl methyl sites for hydroxylation is 1. The van der Waals surface area contributed by atoms with Gasteiger partial charge in [0.15, 0.2) is 22.8 Å². The van der Waals surface area contributed by atoms with Crippen LogP contribution in [0.2, 0.25) is 0 Å². The van der Waals surface area contributed by atoms with Gasteiger partial charge in [-0.05, 0) is 63.8 Å². The predicted molar refractivity (Wildman–Crippen MR) is 118 cm³/mol. The van der Waals surface area contributed by atoms with E-state index in [9.17, 15) is 15.0 Å². The van der Waals surface area contributed by atoms with Gasteiger partial charge in [0, 0.05) is 12.1 Å². The summed E-state index contributed by atoms with van der Waals surface area (Å²) in [6, 6.07) is 8.89. The van der Waals surface area contributed by atoms with Gasteiger partial charge in [0.1, 0.15) is 0 Å². The maximum absolute atomic E-state index is 12.1. The van der Waals surface area contributed by atoms with E-state index in [0.717, 1.165) is 37.1 Å². The fourth-order valence-corrected chi connectivity index (χ4v) is 3.74. The third-order valence-electron chi connectivity index (χ3n) is 5.20. The zero-order valence-electron chi connectivity index (χ0n) is 18.5. The summed E-state index contributed by atoms with van der Waals surface area (Å²) in [5.74, 6) is -0.552. The minimum atomic E-state index is -1.76. The summed E-state index contributed by atoms with van der Waals surface area (Å²) < 4.78 is 17.7. The first-order valence-electron chi connectivity index (χ1n) is 10.7. The van der Waals surface area contributed by atoms with Crippen LogP contribution in [0.1, 0.15) is 51.7 Å². The molecular formula is C24H31NO6. The van der Waals surface area contributed by atoms with Crippen molar-refractivity contribution >= 4 is 11.7 Å². The van der Waals surface area contributed by atoms with Crippen molar-refractivity contribution in [2.45, 2.75) is 58.7 Å². The molecule has 2 aromatic rings. The number of carboxylic acids is 1. The monoisotopic (exact) mass is 429 g/mol. The number of anilines is 1. The Kier molecular flexibility index (Phi) is 6.95. The third-order valence-corrected chi connectivity index (χ3v) is 5.20. The minimum Gasteiger partial charge on any atom is -0.504 e. The first-order valence-corrected chi connectivity index (χ1v) is 10.7. The lowest BCUT2D eigenvalue weighted by Crippen LogP contribution is -2.37. The van der Waals surface area contributed by atoms with Gasteiger partial charge in [-0.3, -0.25) is 0 Å². The Morgan fingerprint density at radius 3 is 2.68 bits per heavy atom. The molecule has 0 saturated carbocycles. The number of nitrogens with one attached hydrogen (secondary N) is 1. The molecule has 31 heavy (non-hydrogen) atoms. The van der Waals surface area contributed by atoms with Crippen molar-refractivity contribution in [2.24, 2.45) is 0 Å². The molecule has 1 heterocycles. The lowest BCUT2D eigenvalue weighted by atomic mass is 9.93. The van der Waals surface area contributed by atoms with Crippen LogP contribution in [0, 0.1) is 0 Å². The summed E-state index contributed by atoms with van der Waals surface area (Å²) in [5, 5.41) is 24.4. The Balaban J connectivity index is 2.11. The first-order chi connectivity index (χ1) is 14.8. The molecule has 1 atom stereocenters. The molecule has 168 valence electrons. The molecule has 1 unspecified atom stereocenters. The number of phenolic OH excluding ortho intramolecular Hbond substituents is 1. The van der Waals surface area contributed by atoms with Crippen molar-refractivity contribution in [1.82, 2.24) is 0 Å². The van der Waals surface area contributed by atoms with Gasteiger partial charge in [0.25, 0.3) is 0 Å². The van der Waals surface area contributed by atoms with Crippen molar-refractivity contribution in [3.05, 3.63) is 41.5 Å². The molecule has 0 radical (unpaired) electrons. The van der Waals surface area contributed by atoms with E-state index in [1.165, 1.54) is 13.0 Å². The number of benzene rings is 2. The normalized spacial score (nSPS) is 15.0. The van der Waals surface area contributed by atoms with E-state index in [0.29, 0.717) is 18.1 Å². The lowest BCUT2D eigenvalue weighted by molar-refractivity contribution is -0.171. The van der Waals surface area contributed by atoms with Crippen molar-refractivity contribution < 1.29 is 29.2 Å². The molecule has 1 aliphatic heterocycles. The number of para-hydroxylation sites is 1. The molecule has 1 aliphatic rings. The van der Waals surface area contributed by atoms with Crippen molar-refractivity contribution in [3.63, 3.8) is 0 Å². The number of carboxylic acid groups (broad SMARTS) is 1. The van der Waals surface area contributed by atoms with Gasteiger partial charge in [0.05, 0.1) is 18.4 Å². The first kappa shape index (κ1) is 22.7. The lowest BCUT2D eigenvalue weighted by Gasteiger charge is -2.30. The molecule has 0 aromatic heterocycles. The van der Waals surface area contributed by atoms with Gasteiger partial charge in [-0.2, -0.15) is 0 Å². The Labute approximate surface area is 183 Å². The number of fused-ring (bicyclic) bond motifs is 1. The van der Waals surface area contributed by atoms with Gasteiger partial charge in [-0.15, -0.1) is 0 Å². The highest BCUT2D eigenvalue weighted by Gasteiger charge is 2.41. The number of aliphatic carboxylic acids is 1. The number of phenols is 1. The summed E-state index contributed by atoms with van der Waals surface area (Å²) in [6.07, 6.45) is 2.37. The molecule has 7 heteroatoms. The van der Waals surface area contributed by atoms with E-state index < -0.39 is 11.6 Å². The summed E-state index contributed by atoms with van der Waals surface area (Å²) in [6.45, 7) is 8.15. The molecule has 3 rings (SSSR count). The van der Waals surface area contributed by atoms with Crippen LogP contribution < -0.4 is 14.8 Å². The third kappa shape index (κ3) is 4.71. The summed E-state index contributed by atoms with van der Waals surface area (Å²) in [7, 11) is 0. The zero-order chi connectivity index (χ0) is 22.6. The second kappa shape index (κ2) is 9.47. The number of aromatic hydroxyl groups is 1. The molecule has 0 spiro atoms. The molecule has 0 bridgehead atoms. The fraction of sp³-hybridized carbons (Fsp3) is 0.458. The summed E-state index contributed by atoms with van der Waals surface area (Å²) in [4.78, 5) is 12.1. The molecule has 3 N–H and O–H groups in total. The van der Waals surface area contributed by atoms with E-state index in [2.05, 4.69) is 5.32 Å². The fourth-order valence-electron chi connectivity index (χ4n) is 3.74. The predicted octanol–water partition coefficient (Wildman–Crippen LogP) is 5.06. The number of rotatable bonds is 9. The van der Waals surface area contributed by atoms with E-state index in [1.54, 1.807) is 19.9 Å². The van der Waals surface area contributed by atoms with Gasteiger partial charge in [-0.1, -0.05) is 19.1 Å². The molecular weight excluding hydrogens is 398 g/mol. The summed E-state index contributed by atoms with van der Waals surface area (Å²) >= 11 is 0. The SMILES string of the molecule is CCCOc1ccc(C(C)(OC(C)C)C(=O)O)c(O)c1Oc1cccc2c1NCCC2. The van der Waals surface area contributed by atoms with Crippen LogP contribution in [0.25, 0.3) is 0 Å². The van der Waals surface area contributed by atoms with Crippen LogP contribution in [0.3, 0.4) is 0 Å². The van der Waals surface area contributed by atoms with Crippen LogP contribution in [0.5, 0.6) is 23.0 Å². The molecule has 0 aliphatic carbocycles. The minimum absolute atomic E-state index is 0.0755. The summed E-state index contributed by atoms with van der Waals surface area (Å²) in [5.41, 5.74) is 0.354. The van der Waals surface area contributed by atoms with Gasteiger partial charge in [0.2, 0.25) is 5.75 Å². The Morgan fingerprint density at radius 2 is 2.00 bits per heavy atom. The van der Waals surface area contributed by atoms with Crippen molar-refractivity contribution in [2.75, 3.05) is 18.5 Å². The molecule has 7 nitrogen and oxygen atoms in total. The van der Waals surface area contributed by atoms with Crippen LogP contribution >= 0.6 is 0 Å². The second-order valence-electron chi connectivity index (χ2n) is 8.07. The van der Waals surface area contributed by atoms with Crippen molar-refractivity contribution in [3.8, 4) is 23.0 Å². The average Bonchev–Trinajstić information content (AvgIpc) is 2.73. The molecule has 0 amide bonds. The van der Waals surface area contributed by atoms with E-state index in [-0.39, 0.29) is 23.2 Å². The number of ether oxygens (including phenoxy) is 3. The van der Waals surface area contributed by atoms with E-state index >= 15 is 0 Å².